The molecule has 0 fully saturated rings. The number of carbonyl (C=O) groups excluding carboxylic acids is 1. The number of methoxy groups -OCH3 is 1. The number of hydrogen-bond acceptors (Lipinski definition) is 3. The van der Waals surface area contributed by atoms with Gasteiger partial charge >= 0.3 is 5.97 Å². The van der Waals surface area contributed by atoms with Gasteiger partial charge in [0.25, 0.3) is 0 Å². The lowest BCUT2D eigenvalue weighted by molar-refractivity contribution is -0.154. The second-order valence-corrected chi connectivity index (χ2v) is 5.13. The first-order chi connectivity index (χ1) is 8.30. The number of carbonyl (C=O) groups is 1. The summed E-state index contributed by atoms with van der Waals surface area (Å²) in [5.41, 5.74) is 0.00174. The van der Waals surface area contributed by atoms with Crippen molar-refractivity contribution >= 4 is 5.97 Å². The van der Waals surface area contributed by atoms with Crippen LogP contribution in [0.3, 0.4) is 0 Å². The van der Waals surface area contributed by atoms with E-state index >= 15 is 0 Å². The van der Waals surface area contributed by atoms with E-state index in [1.807, 2.05) is 25.1 Å². The van der Waals surface area contributed by atoms with Crippen molar-refractivity contribution < 1.29 is 13.9 Å². The molecule has 1 aromatic rings. The Bertz CT molecular complexity index is 430. The van der Waals surface area contributed by atoms with E-state index in [0.717, 1.165) is 5.56 Å². The molecule has 0 saturated heterocycles. The average molecular weight is 253 g/mol. The summed E-state index contributed by atoms with van der Waals surface area (Å²) in [6.07, 6.45) is 0. The third-order valence-electron chi connectivity index (χ3n) is 3.08. The van der Waals surface area contributed by atoms with Crippen LogP contribution >= 0.6 is 0 Å². The van der Waals surface area contributed by atoms with Crippen LogP contribution in [-0.4, -0.2) is 32.1 Å². The van der Waals surface area contributed by atoms with Gasteiger partial charge in [-0.2, -0.15) is 0 Å². The molecule has 0 heterocycles. The quantitative estimate of drug-likeness (QED) is 0.773. The lowest BCUT2D eigenvalue weighted by Crippen LogP contribution is -2.40. The minimum atomic E-state index is -0.758. The molecule has 0 radical (unpaired) electrons. The predicted molar refractivity (Wildman–Crippen MR) is 68.6 cm³/mol. The Morgan fingerprint density at radius 1 is 1.39 bits per heavy atom. The number of benzene rings is 1. The number of nitrogens with zero attached hydrogens (tertiary/aromatic N) is 1. The first kappa shape index (κ1) is 14.6. The molecule has 100 valence electrons. The topological polar surface area (TPSA) is 29.5 Å². The van der Waals surface area contributed by atoms with Crippen LogP contribution in [0.4, 0.5) is 4.39 Å². The van der Waals surface area contributed by atoms with Gasteiger partial charge in [-0.15, -0.1) is 0 Å². The molecular weight excluding hydrogens is 233 g/mol. The molecule has 0 aromatic heterocycles. The minimum absolute atomic E-state index is 0.249. The fourth-order valence-corrected chi connectivity index (χ4v) is 2.41. The Morgan fingerprint density at radius 2 is 2.00 bits per heavy atom. The monoisotopic (exact) mass is 253 g/mol. The Labute approximate surface area is 108 Å². The van der Waals surface area contributed by atoms with Crippen LogP contribution in [0, 0.1) is 11.2 Å². The molecule has 1 atom stereocenters. The van der Waals surface area contributed by atoms with E-state index in [1.165, 1.54) is 19.2 Å². The summed E-state index contributed by atoms with van der Waals surface area (Å²) < 4.78 is 18.2. The van der Waals surface area contributed by atoms with Crippen LogP contribution in [0.5, 0.6) is 0 Å². The lowest BCUT2D eigenvalue weighted by Gasteiger charge is -2.36. The van der Waals surface area contributed by atoms with Crippen molar-refractivity contribution in [2.75, 3.05) is 21.2 Å². The van der Waals surface area contributed by atoms with Gasteiger partial charge in [-0.05, 0) is 45.6 Å². The molecule has 0 aliphatic heterocycles. The van der Waals surface area contributed by atoms with Gasteiger partial charge in [0, 0.05) is 6.04 Å². The van der Waals surface area contributed by atoms with E-state index in [1.54, 1.807) is 19.9 Å². The van der Waals surface area contributed by atoms with Gasteiger partial charge in [0.2, 0.25) is 0 Å². The maximum Gasteiger partial charge on any atom is 0.313 e. The lowest BCUT2D eigenvalue weighted by atomic mass is 9.79. The summed E-state index contributed by atoms with van der Waals surface area (Å²) in [6, 6.07) is 6.06. The molecule has 1 unspecified atom stereocenters. The summed E-state index contributed by atoms with van der Waals surface area (Å²) in [5.74, 6) is -0.620. The van der Waals surface area contributed by atoms with Crippen LogP contribution in [0.25, 0.3) is 0 Å². The van der Waals surface area contributed by atoms with Crippen molar-refractivity contribution in [3.8, 4) is 0 Å². The number of esters is 1. The molecule has 0 amide bonds. The number of hydrogen-bond donors (Lipinski definition) is 0. The van der Waals surface area contributed by atoms with Crippen molar-refractivity contribution in [2.45, 2.75) is 19.9 Å². The normalized spacial score (nSPS) is 13.5. The molecule has 3 nitrogen and oxygen atoms in total. The zero-order valence-electron chi connectivity index (χ0n) is 11.5. The van der Waals surface area contributed by atoms with Crippen molar-refractivity contribution in [3.05, 3.63) is 35.6 Å². The van der Waals surface area contributed by atoms with E-state index in [0.29, 0.717) is 0 Å². The standard InChI is InChI=1S/C14H20FNO2/c1-14(2,13(17)18-5)12(16(3)4)10-7-6-8-11(15)9-10/h6-9,12H,1-5H3. The highest BCUT2D eigenvalue weighted by atomic mass is 19.1. The molecular formula is C14H20FNO2. The van der Waals surface area contributed by atoms with Crippen molar-refractivity contribution in [3.63, 3.8) is 0 Å². The Hall–Kier alpha value is -1.42. The SMILES string of the molecule is COC(=O)C(C)(C)C(c1cccc(F)c1)N(C)C. The second-order valence-electron chi connectivity index (χ2n) is 5.13. The summed E-state index contributed by atoms with van der Waals surface area (Å²) in [6.45, 7) is 3.60. The Kier molecular flexibility index (Phi) is 4.46. The molecule has 18 heavy (non-hydrogen) atoms. The van der Waals surface area contributed by atoms with Gasteiger partial charge in [0.05, 0.1) is 12.5 Å². The maximum absolute atomic E-state index is 13.3. The van der Waals surface area contributed by atoms with Crippen LogP contribution < -0.4 is 0 Å². The fraction of sp³-hybridized carbons (Fsp3) is 0.500. The number of rotatable bonds is 4. The highest BCUT2D eigenvalue weighted by Gasteiger charge is 2.40. The molecule has 0 saturated carbocycles. The molecule has 1 rings (SSSR count). The highest BCUT2D eigenvalue weighted by molar-refractivity contribution is 5.77. The van der Waals surface area contributed by atoms with Crippen LogP contribution in [0.2, 0.25) is 0 Å². The second kappa shape index (κ2) is 5.48. The Morgan fingerprint density at radius 3 is 2.44 bits per heavy atom. The molecule has 0 aliphatic carbocycles. The Balaban J connectivity index is 3.22. The molecule has 0 bridgehead atoms. The van der Waals surface area contributed by atoms with Gasteiger partial charge < -0.3 is 9.64 Å². The van der Waals surface area contributed by atoms with Crippen LogP contribution in [0.1, 0.15) is 25.5 Å². The van der Waals surface area contributed by atoms with Crippen LogP contribution in [-0.2, 0) is 9.53 Å². The van der Waals surface area contributed by atoms with E-state index < -0.39 is 5.41 Å². The minimum Gasteiger partial charge on any atom is -0.469 e. The van der Waals surface area contributed by atoms with Crippen molar-refractivity contribution in [1.82, 2.24) is 4.90 Å². The van der Waals surface area contributed by atoms with Crippen LogP contribution in [0.15, 0.2) is 24.3 Å². The fourth-order valence-electron chi connectivity index (χ4n) is 2.41. The molecule has 1 aromatic carbocycles. The first-order valence-corrected chi connectivity index (χ1v) is 5.81. The van der Waals surface area contributed by atoms with E-state index in [4.69, 9.17) is 4.74 Å². The number of ether oxygens (including phenoxy) is 1. The molecule has 0 N–H and O–H groups in total. The summed E-state index contributed by atoms with van der Waals surface area (Å²) in [7, 11) is 5.09. The van der Waals surface area contributed by atoms with E-state index in [-0.39, 0.29) is 17.8 Å². The zero-order chi connectivity index (χ0) is 13.9. The zero-order valence-corrected chi connectivity index (χ0v) is 11.5. The van der Waals surface area contributed by atoms with Gasteiger partial charge in [-0.25, -0.2) is 4.39 Å². The van der Waals surface area contributed by atoms with Gasteiger partial charge in [-0.3, -0.25) is 4.79 Å². The molecule has 4 heteroatoms. The van der Waals surface area contributed by atoms with E-state index in [2.05, 4.69) is 0 Å². The highest BCUT2D eigenvalue weighted by Crippen LogP contribution is 2.38. The van der Waals surface area contributed by atoms with Crippen molar-refractivity contribution in [1.29, 1.82) is 0 Å². The summed E-state index contributed by atoms with van der Waals surface area (Å²) >= 11 is 0. The predicted octanol–water partition coefficient (Wildman–Crippen LogP) is 2.63. The van der Waals surface area contributed by atoms with Gasteiger partial charge in [0.1, 0.15) is 5.82 Å². The molecule has 0 spiro atoms. The summed E-state index contributed by atoms with van der Waals surface area (Å²) in [5, 5.41) is 0. The smallest absolute Gasteiger partial charge is 0.313 e. The largest absolute Gasteiger partial charge is 0.469 e. The maximum atomic E-state index is 13.3. The van der Waals surface area contributed by atoms with Gasteiger partial charge in [0.15, 0.2) is 0 Å². The third-order valence-corrected chi connectivity index (χ3v) is 3.08. The van der Waals surface area contributed by atoms with E-state index in [9.17, 15) is 9.18 Å². The van der Waals surface area contributed by atoms with Crippen molar-refractivity contribution in [2.24, 2.45) is 5.41 Å². The van der Waals surface area contributed by atoms with Gasteiger partial charge in [-0.1, -0.05) is 12.1 Å². The molecule has 0 aliphatic rings. The third kappa shape index (κ3) is 2.88. The summed E-state index contributed by atoms with van der Waals surface area (Å²) in [4.78, 5) is 13.8. The number of halogens is 1. The average Bonchev–Trinajstić information content (AvgIpc) is 2.27. The first-order valence-electron chi connectivity index (χ1n) is 5.81.